The molecule has 0 atom stereocenters. The molecule has 188 valence electrons. The Hall–Kier alpha value is -2.63. The number of nitrogens with two attached hydrogens (primary N) is 1. The summed E-state index contributed by atoms with van der Waals surface area (Å²) in [5.74, 6) is -0.412. The number of carbonyl (C=O) groups excluding carboxylic acids is 2. The molecular formula is C23H28Cl2N6O4. The normalized spacial score (nSPS) is 13.3. The Kier molecular flexibility index (Phi) is 8.30. The quantitative estimate of drug-likeness (QED) is 0.299. The lowest BCUT2D eigenvalue weighted by atomic mass is 9.99. The molecule has 3 heterocycles. The second kappa shape index (κ2) is 11.4. The number of ether oxygens (including phenoxy) is 1. The number of H-pyrrole nitrogens is 1. The van der Waals surface area contributed by atoms with Crippen LogP contribution in [0, 0.1) is 0 Å². The zero-order valence-corrected chi connectivity index (χ0v) is 20.7. The zero-order chi connectivity index (χ0) is 24.9. The van der Waals surface area contributed by atoms with Crippen molar-refractivity contribution in [3.05, 3.63) is 39.6 Å². The van der Waals surface area contributed by atoms with Gasteiger partial charge in [-0.25, -0.2) is 0 Å². The highest BCUT2D eigenvalue weighted by molar-refractivity contribution is 6.45. The second-order valence-corrected chi connectivity index (χ2v) is 9.03. The van der Waals surface area contributed by atoms with Crippen molar-refractivity contribution >= 4 is 45.9 Å². The van der Waals surface area contributed by atoms with Crippen molar-refractivity contribution in [3.63, 3.8) is 0 Å². The summed E-state index contributed by atoms with van der Waals surface area (Å²) >= 11 is 13.0. The van der Waals surface area contributed by atoms with Crippen molar-refractivity contribution < 1.29 is 19.4 Å². The first-order chi connectivity index (χ1) is 16.9. The van der Waals surface area contributed by atoms with Gasteiger partial charge in [-0.3, -0.25) is 14.3 Å². The van der Waals surface area contributed by atoms with Crippen molar-refractivity contribution in [1.82, 2.24) is 25.0 Å². The Balaban J connectivity index is 1.53. The molecule has 3 aromatic rings. The van der Waals surface area contributed by atoms with Crippen LogP contribution in [0.3, 0.4) is 0 Å². The van der Waals surface area contributed by atoms with Gasteiger partial charge < -0.3 is 30.8 Å². The first-order valence-electron chi connectivity index (χ1n) is 11.4. The van der Waals surface area contributed by atoms with Gasteiger partial charge in [-0.15, -0.1) is 0 Å². The number of benzene rings is 1. The van der Waals surface area contributed by atoms with Gasteiger partial charge >= 0.3 is 0 Å². The van der Waals surface area contributed by atoms with Crippen LogP contribution in [0.25, 0.3) is 22.2 Å². The fourth-order valence-electron chi connectivity index (χ4n) is 4.23. The van der Waals surface area contributed by atoms with Gasteiger partial charge in [0, 0.05) is 67.4 Å². The molecule has 1 aliphatic heterocycles. The number of aromatic amines is 1. The van der Waals surface area contributed by atoms with E-state index in [9.17, 15) is 14.7 Å². The lowest BCUT2D eigenvalue weighted by Gasteiger charge is -2.26. The Bertz CT molecular complexity index is 1220. The summed E-state index contributed by atoms with van der Waals surface area (Å²) in [5, 5.41) is 18.5. The molecule has 0 fully saturated rings. The molecule has 0 saturated carbocycles. The molecule has 2 amide bonds. The third-order valence-electron chi connectivity index (χ3n) is 5.95. The first-order valence-corrected chi connectivity index (χ1v) is 12.2. The lowest BCUT2D eigenvalue weighted by Crippen LogP contribution is -2.37. The maximum absolute atomic E-state index is 12.1. The topological polar surface area (TPSA) is 138 Å². The minimum absolute atomic E-state index is 0.0958. The predicted molar refractivity (Wildman–Crippen MR) is 133 cm³/mol. The summed E-state index contributed by atoms with van der Waals surface area (Å²) in [4.78, 5) is 29.0. The van der Waals surface area contributed by atoms with Crippen LogP contribution in [0.5, 0.6) is 0 Å². The van der Waals surface area contributed by atoms with E-state index in [-0.39, 0.29) is 18.2 Å². The molecule has 0 saturated heterocycles. The van der Waals surface area contributed by atoms with Crippen LogP contribution in [-0.2, 0) is 33.8 Å². The smallest absolute Gasteiger partial charge is 0.248 e. The number of hydrogen-bond donors (Lipinski definition) is 4. The summed E-state index contributed by atoms with van der Waals surface area (Å²) in [6, 6.07) is 3.66. The van der Waals surface area contributed by atoms with Crippen LogP contribution in [0.1, 0.15) is 17.7 Å². The van der Waals surface area contributed by atoms with E-state index in [1.807, 2.05) is 12.3 Å². The Morgan fingerprint density at radius 1 is 1.31 bits per heavy atom. The van der Waals surface area contributed by atoms with Crippen molar-refractivity contribution in [3.8, 4) is 11.3 Å². The molecule has 0 radical (unpaired) electrons. The SMILES string of the molecule is NCCOCCC(=O)NCCn1ccc(-c2cc(Cl)c(Cl)c3[nH]c4c(c23)CN(C(=O)CO)CC4)n1. The molecule has 10 nitrogen and oxygen atoms in total. The average molecular weight is 523 g/mol. The van der Waals surface area contributed by atoms with Crippen molar-refractivity contribution in [2.45, 2.75) is 25.9 Å². The summed E-state index contributed by atoms with van der Waals surface area (Å²) < 4.78 is 6.97. The Labute approximate surface area is 212 Å². The highest BCUT2D eigenvalue weighted by atomic mass is 35.5. The fraction of sp³-hybridized carbons (Fsp3) is 0.435. The minimum atomic E-state index is -0.529. The lowest BCUT2D eigenvalue weighted by molar-refractivity contribution is -0.135. The predicted octanol–water partition coefficient (Wildman–Crippen LogP) is 1.70. The molecule has 0 bridgehead atoms. The van der Waals surface area contributed by atoms with E-state index in [1.54, 1.807) is 15.6 Å². The number of carbonyl (C=O) groups is 2. The van der Waals surface area contributed by atoms with Crippen molar-refractivity contribution in [2.24, 2.45) is 5.73 Å². The monoisotopic (exact) mass is 522 g/mol. The van der Waals surface area contributed by atoms with Crippen molar-refractivity contribution in [2.75, 3.05) is 39.5 Å². The number of halogens is 2. The summed E-state index contributed by atoms with van der Waals surface area (Å²) in [5.41, 5.74) is 9.49. The van der Waals surface area contributed by atoms with Crippen LogP contribution >= 0.6 is 23.2 Å². The molecular weight excluding hydrogens is 495 g/mol. The van der Waals surface area contributed by atoms with E-state index in [0.717, 1.165) is 22.2 Å². The number of hydrogen-bond acceptors (Lipinski definition) is 6. The highest BCUT2D eigenvalue weighted by Gasteiger charge is 2.27. The molecule has 0 unspecified atom stereocenters. The number of aliphatic hydroxyl groups excluding tert-OH is 1. The van der Waals surface area contributed by atoms with Crippen LogP contribution < -0.4 is 11.1 Å². The number of fused-ring (bicyclic) bond motifs is 3. The van der Waals surface area contributed by atoms with Crippen LogP contribution in [0.4, 0.5) is 0 Å². The standard InChI is InChI=1S/C23H28Cl2N6O4/c24-16-11-14(18-2-7-31(29-18)8-5-27-19(33)3-9-35-10-4-26)21-15-12-30(20(34)13-32)6-1-17(15)28-23(21)22(16)25/h2,7,11,28,32H,1,3-6,8-10,12-13,26H2,(H,27,33). The van der Waals surface area contributed by atoms with Crippen LogP contribution in [0.2, 0.25) is 10.0 Å². The van der Waals surface area contributed by atoms with Gasteiger partial charge in [-0.05, 0) is 12.1 Å². The Morgan fingerprint density at radius 2 is 2.14 bits per heavy atom. The minimum Gasteiger partial charge on any atom is -0.387 e. The third-order valence-corrected chi connectivity index (χ3v) is 6.73. The van der Waals surface area contributed by atoms with E-state index in [0.29, 0.717) is 73.6 Å². The average Bonchev–Trinajstić information content (AvgIpc) is 3.48. The molecule has 35 heavy (non-hydrogen) atoms. The van der Waals surface area contributed by atoms with Crippen LogP contribution in [0.15, 0.2) is 18.3 Å². The summed E-state index contributed by atoms with van der Waals surface area (Å²) in [7, 11) is 0. The Morgan fingerprint density at radius 3 is 2.91 bits per heavy atom. The van der Waals surface area contributed by atoms with Gasteiger partial charge in [0.15, 0.2) is 0 Å². The summed E-state index contributed by atoms with van der Waals surface area (Å²) in [6.07, 6.45) is 2.73. The van der Waals surface area contributed by atoms with Gasteiger partial charge in [-0.1, -0.05) is 23.2 Å². The van der Waals surface area contributed by atoms with Crippen LogP contribution in [-0.4, -0.2) is 76.0 Å². The van der Waals surface area contributed by atoms with Gasteiger partial charge in [0.1, 0.15) is 6.61 Å². The molecule has 12 heteroatoms. The number of nitrogens with one attached hydrogen (secondary N) is 2. The molecule has 1 aromatic carbocycles. The molecule has 5 N–H and O–H groups in total. The molecule has 2 aromatic heterocycles. The first kappa shape index (κ1) is 25.5. The van der Waals surface area contributed by atoms with E-state index in [4.69, 9.17) is 33.7 Å². The van der Waals surface area contributed by atoms with E-state index in [1.165, 1.54) is 0 Å². The van der Waals surface area contributed by atoms with Crippen molar-refractivity contribution in [1.29, 1.82) is 0 Å². The van der Waals surface area contributed by atoms with E-state index in [2.05, 4.69) is 15.4 Å². The van der Waals surface area contributed by atoms with Gasteiger partial charge in [0.2, 0.25) is 11.8 Å². The largest absolute Gasteiger partial charge is 0.387 e. The van der Waals surface area contributed by atoms with Gasteiger partial charge in [-0.2, -0.15) is 5.10 Å². The van der Waals surface area contributed by atoms with Gasteiger partial charge in [0.25, 0.3) is 0 Å². The zero-order valence-electron chi connectivity index (χ0n) is 19.1. The molecule has 0 aliphatic carbocycles. The third kappa shape index (κ3) is 5.62. The highest BCUT2D eigenvalue weighted by Crippen LogP contribution is 2.41. The number of nitrogens with zero attached hydrogens (tertiary/aromatic N) is 3. The summed E-state index contributed by atoms with van der Waals surface area (Å²) in [6.45, 7) is 2.46. The number of aromatic nitrogens is 3. The van der Waals surface area contributed by atoms with E-state index >= 15 is 0 Å². The number of rotatable bonds is 10. The molecule has 4 rings (SSSR count). The fourth-order valence-corrected chi connectivity index (χ4v) is 4.63. The van der Waals surface area contributed by atoms with Gasteiger partial charge in [0.05, 0.1) is 41.0 Å². The molecule has 0 spiro atoms. The molecule has 1 aliphatic rings. The maximum Gasteiger partial charge on any atom is 0.248 e. The number of amides is 2. The second-order valence-electron chi connectivity index (χ2n) is 8.24. The number of aliphatic hydroxyl groups is 1. The maximum atomic E-state index is 12.1. The van der Waals surface area contributed by atoms with E-state index < -0.39 is 6.61 Å².